The number of ether oxygens (including phenoxy) is 3. The van der Waals surface area contributed by atoms with Gasteiger partial charge in [0.05, 0.1) is 25.7 Å². The highest BCUT2D eigenvalue weighted by atomic mass is 19.4. The second kappa shape index (κ2) is 10.4. The van der Waals surface area contributed by atoms with Crippen molar-refractivity contribution in [2.45, 2.75) is 44.4 Å². The average Bonchev–Trinajstić information content (AvgIpc) is 3.66. The predicted octanol–water partition coefficient (Wildman–Crippen LogP) is 7.11. The Labute approximate surface area is 236 Å². The van der Waals surface area contributed by atoms with E-state index in [0.29, 0.717) is 35.7 Å². The monoisotopic (exact) mass is 586 g/mol. The first-order valence-corrected chi connectivity index (χ1v) is 13.1. The molecule has 12 heteroatoms. The molecule has 7 nitrogen and oxygen atoms in total. The third kappa shape index (κ3) is 4.94. The molecule has 218 valence electrons. The number of aryl methyl sites for hydroxylation is 1. The van der Waals surface area contributed by atoms with Crippen molar-refractivity contribution in [1.29, 1.82) is 0 Å². The summed E-state index contributed by atoms with van der Waals surface area (Å²) in [6.45, 7) is 1.75. The third-order valence-corrected chi connectivity index (χ3v) is 7.51. The SMILES string of the molecule is COC(=O)CC1COc2cc(OC3CCc4c3ccc(C(F)(F)F)c4-c3cc(F)c(-c4nnc(C)o4)c(F)c3)ccc21. The lowest BCUT2D eigenvalue weighted by Gasteiger charge is -2.20. The van der Waals surface area contributed by atoms with Crippen LogP contribution in [-0.2, 0) is 22.1 Å². The Balaban J connectivity index is 1.34. The van der Waals surface area contributed by atoms with Gasteiger partial charge in [-0.1, -0.05) is 12.1 Å². The average molecular weight is 587 g/mol. The molecule has 2 heterocycles. The van der Waals surface area contributed by atoms with Crippen LogP contribution in [0, 0.1) is 18.6 Å². The van der Waals surface area contributed by atoms with Crippen LogP contribution in [0.5, 0.6) is 11.5 Å². The van der Waals surface area contributed by atoms with Gasteiger partial charge in [0.2, 0.25) is 5.89 Å². The highest BCUT2D eigenvalue weighted by Gasteiger charge is 2.39. The number of rotatable bonds is 6. The maximum Gasteiger partial charge on any atom is 0.417 e. The summed E-state index contributed by atoms with van der Waals surface area (Å²) < 4.78 is 94.6. The van der Waals surface area contributed by atoms with Gasteiger partial charge in [-0.15, -0.1) is 10.2 Å². The molecule has 0 saturated heterocycles. The molecular weight excluding hydrogens is 563 g/mol. The standard InChI is InChI=1S/C30H23F5N2O5/c1-14-36-37-29(41-14)28-22(31)9-15(10-23(28)32)27-20-6-8-24(19(20)5-7-21(27)30(33,34)35)42-17-3-4-18-16(11-26(38)39-2)13-40-25(18)12-17/h3-5,7,9-10,12,16,24H,6,8,11,13H2,1-2H3. The minimum Gasteiger partial charge on any atom is -0.492 e. The van der Waals surface area contributed by atoms with Crippen LogP contribution in [0.25, 0.3) is 22.6 Å². The summed E-state index contributed by atoms with van der Waals surface area (Å²) in [5.41, 5.74) is -0.581. The molecule has 0 amide bonds. The number of carbonyl (C=O) groups is 1. The summed E-state index contributed by atoms with van der Waals surface area (Å²) in [7, 11) is 1.32. The zero-order valence-electron chi connectivity index (χ0n) is 22.4. The quantitative estimate of drug-likeness (QED) is 0.176. The molecule has 2 unspecified atom stereocenters. The number of aromatic nitrogens is 2. The molecule has 42 heavy (non-hydrogen) atoms. The lowest BCUT2D eigenvalue weighted by Crippen LogP contribution is -2.11. The van der Waals surface area contributed by atoms with Crippen LogP contribution in [0.3, 0.4) is 0 Å². The van der Waals surface area contributed by atoms with Crippen LogP contribution in [-0.4, -0.2) is 29.9 Å². The topological polar surface area (TPSA) is 83.7 Å². The van der Waals surface area contributed by atoms with Crippen molar-refractivity contribution in [2.24, 2.45) is 0 Å². The van der Waals surface area contributed by atoms with Crippen molar-refractivity contribution in [1.82, 2.24) is 10.2 Å². The van der Waals surface area contributed by atoms with E-state index in [0.717, 1.165) is 23.8 Å². The number of esters is 1. The van der Waals surface area contributed by atoms with Crippen molar-refractivity contribution in [2.75, 3.05) is 13.7 Å². The first-order chi connectivity index (χ1) is 20.0. The fourth-order valence-electron chi connectivity index (χ4n) is 5.62. The maximum absolute atomic E-state index is 15.2. The third-order valence-electron chi connectivity index (χ3n) is 7.51. The number of halogens is 5. The molecule has 2 aliphatic rings. The summed E-state index contributed by atoms with van der Waals surface area (Å²) in [4.78, 5) is 11.7. The highest BCUT2D eigenvalue weighted by molar-refractivity contribution is 5.76. The Kier molecular flexibility index (Phi) is 6.86. The fourth-order valence-corrected chi connectivity index (χ4v) is 5.62. The maximum atomic E-state index is 15.2. The molecule has 1 aliphatic heterocycles. The minimum atomic E-state index is -4.78. The lowest BCUT2D eigenvalue weighted by molar-refractivity contribution is -0.141. The van der Waals surface area contributed by atoms with E-state index in [1.165, 1.54) is 20.1 Å². The number of alkyl halides is 3. The van der Waals surface area contributed by atoms with E-state index < -0.39 is 40.9 Å². The summed E-state index contributed by atoms with van der Waals surface area (Å²) >= 11 is 0. The van der Waals surface area contributed by atoms with Crippen LogP contribution in [0.1, 0.15) is 53.0 Å². The number of methoxy groups -OCH3 is 1. The molecular formula is C30H23F5N2O5. The highest BCUT2D eigenvalue weighted by Crippen LogP contribution is 2.47. The van der Waals surface area contributed by atoms with Crippen LogP contribution in [0.15, 0.2) is 46.9 Å². The molecule has 0 saturated carbocycles. The molecule has 3 aromatic carbocycles. The first kappa shape index (κ1) is 27.7. The van der Waals surface area contributed by atoms with Gasteiger partial charge in [0.25, 0.3) is 5.89 Å². The van der Waals surface area contributed by atoms with Crippen molar-refractivity contribution in [3.8, 4) is 34.1 Å². The Hall–Kier alpha value is -4.48. The van der Waals surface area contributed by atoms with Crippen LogP contribution >= 0.6 is 0 Å². The van der Waals surface area contributed by atoms with Gasteiger partial charge in [-0.25, -0.2) is 8.78 Å². The largest absolute Gasteiger partial charge is 0.492 e. The van der Waals surface area contributed by atoms with Gasteiger partial charge in [0, 0.05) is 24.5 Å². The summed E-state index contributed by atoms with van der Waals surface area (Å²) in [6.07, 6.45) is -4.69. The van der Waals surface area contributed by atoms with Gasteiger partial charge in [0.15, 0.2) is 0 Å². The number of fused-ring (bicyclic) bond motifs is 2. The van der Waals surface area contributed by atoms with Gasteiger partial charge in [-0.2, -0.15) is 13.2 Å². The van der Waals surface area contributed by atoms with E-state index in [4.69, 9.17) is 18.6 Å². The number of benzene rings is 3. The Morgan fingerprint density at radius 1 is 1.02 bits per heavy atom. The molecule has 0 bridgehead atoms. The molecule has 1 aromatic heterocycles. The van der Waals surface area contributed by atoms with Gasteiger partial charge < -0.3 is 18.6 Å². The van der Waals surface area contributed by atoms with E-state index in [1.54, 1.807) is 18.2 Å². The molecule has 0 fully saturated rings. The molecule has 0 radical (unpaired) electrons. The Morgan fingerprint density at radius 2 is 1.76 bits per heavy atom. The zero-order chi connectivity index (χ0) is 29.8. The van der Waals surface area contributed by atoms with Gasteiger partial charge in [0.1, 0.15) is 34.8 Å². The lowest BCUT2D eigenvalue weighted by atomic mass is 9.90. The molecule has 6 rings (SSSR count). The minimum absolute atomic E-state index is 0.0788. The van der Waals surface area contributed by atoms with Crippen molar-refractivity contribution >= 4 is 5.97 Å². The van der Waals surface area contributed by atoms with E-state index in [-0.39, 0.29) is 41.7 Å². The van der Waals surface area contributed by atoms with Gasteiger partial charge in [-0.05, 0) is 59.4 Å². The Bertz CT molecular complexity index is 1680. The second-order valence-corrected chi connectivity index (χ2v) is 10.1. The van der Waals surface area contributed by atoms with E-state index in [1.807, 2.05) is 0 Å². The first-order valence-electron chi connectivity index (χ1n) is 13.1. The van der Waals surface area contributed by atoms with E-state index in [9.17, 15) is 18.0 Å². The molecule has 2 atom stereocenters. The van der Waals surface area contributed by atoms with Gasteiger partial charge >= 0.3 is 12.1 Å². The van der Waals surface area contributed by atoms with Crippen LogP contribution < -0.4 is 9.47 Å². The van der Waals surface area contributed by atoms with E-state index in [2.05, 4.69) is 10.2 Å². The fraction of sp³-hybridized carbons (Fsp3) is 0.300. The Morgan fingerprint density at radius 3 is 2.43 bits per heavy atom. The van der Waals surface area contributed by atoms with Crippen molar-refractivity contribution in [3.05, 3.63) is 82.2 Å². The smallest absolute Gasteiger partial charge is 0.417 e. The number of hydrogen-bond donors (Lipinski definition) is 0. The summed E-state index contributed by atoms with van der Waals surface area (Å²) in [6, 6.07) is 9.13. The number of nitrogens with zero attached hydrogens (tertiary/aromatic N) is 2. The van der Waals surface area contributed by atoms with Crippen molar-refractivity contribution in [3.63, 3.8) is 0 Å². The molecule has 4 aromatic rings. The number of carbonyl (C=O) groups excluding carboxylic acids is 1. The molecule has 0 N–H and O–H groups in total. The number of hydrogen-bond acceptors (Lipinski definition) is 7. The zero-order valence-corrected chi connectivity index (χ0v) is 22.4. The molecule has 1 aliphatic carbocycles. The van der Waals surface area contributed by atoms with E-state index >= 15 is 8.78 Å². The summed E-state index contributed by atoms with van der Waals surface area (Å²) in [5, 5.41) is 7.18. The molecule has 0 spiro atoms. The van der Waals surface area contributed by atoms with Crippen LogP contribution in [0.4, 0.5) is 22.0 Å². The second-order valence-electron chi connectivity index (χ2n) is 10.1. The van der Waals surface area contributed by atoms with Gasteiger partial charge in [-0.3, -0.25) is 4.79 Å². The predicted molar refractivity (Wildman–Crippen MR) is 138 cm³/mol. The summed E-state index contributed by atoms with van der Waals surface area (Å²) in [5.74, 6) is -2.12. The van der Waals surface area contributed by atoms with Crippen molar-refractivity contribution < 1.29 is 45.4 Å². The van der Waals surface area contributed by atoms with Crippen LogP contribution in [0.2, 0.25) is 0 Å². The normalized spacial score (nSPS) is 17.5.